The maximum absolute atomic E-state index is 12.4. The van der Waals surface area contributed by atoms with Crippen LogP contribution in [0, 0.1) is 0 Å². The Morgan fingerprint density at radius 2 is 1.95 bits per heavy atom. The first-order chi connectivity index (χ1) is 9.58. The van der Waals surface area contributed by atoms with Gasteiger partial charge in [0, 0.05) is 6.04 Å². The van der Waals surface area contributed by atoms with E-state index < -0.39 is 6.04 Å². The van der Waals surface area contributed by atoms with Gasteiger partial charge in [-0.25, -0.2) is 0 Å². The van der Waals surface area contributed by atoms with Crippen molar-refractivity contribution in [1.82, 2.24) is 4.90 Å². The zero-order valence-electron chi connectivity index (χ0n) is 11.7. The van der Waals surface area contributed by atoms with Crippen LogP contribution < -0.4 is 5.32 Å². The molecule has 1 aromatic carbocycles. The van der Waals surface area contributed by atoms with Crippen LogP contribution in [0.1, 0.15) is 33.1 Å². The van der Waals surface area contributed by atoms with Crippen LogP contribution in [0.5, 0.6) is 0 Å². The minimum Gasteiger partial charge on any atom is -0.372 e. The number of nitrogens with one attached hydrogen (secondary N) is 1. The Hall–Kier alpha value is -1.55. The summed E-state index contributed by atoms with van der Waals surface area (Å²) in [6.45, 7) is 3.98. The van der Waals surface area contributed by atoms with E-state index in [1.54, 1.807) is 12.1 Å². The summed E-state index contributed by atoms with van der Waals surface area (Å²) >= 11 is 6.07. The highest BCUT2D eigenvalue weighted by Crippen LogP contribution is 2.26. The Labute approximate surface area is 124 Å². The van der Waals surface area contributed by atoms with Crippen LogP contribution in [0.25, 0.3) is 0 Å². The van der Waals surface area contributed by atoms with Gasteiger partial charge in [-0.15, -0.1) is 0 Å². The number of halogens is 1. The van der Waals surface area contributed by atoms with Crippen molar-refractivity contribution in [3.8, 4) is 0 Å². The number of benzene rings is 1. The molecule has 1 aromatic rings. The van der Waals surface area contributed by atoms with Crippen LogP contribution in [0.4, 0.5) is 5.69 Å². The van der Waals surface area contributed by atoms with Crippen molar-refractivity contribution in [2.24, 2.45) is 0 Å². The number of likely N-dealkylation sites (tertiary alicyclic amines) is 1. The number of amides is 2. The van der Waals surface area contributed by atoms with Crippen LogP contribution >= 0.6 is 11.6 Å². The molecule has 2 rings (SSSR count). The van der Waals surface area contributed by atoms with E-state index in [9.17, 15) is 9.59 Å². The SMILES string of the molecule is CCC(CC)N1C(=O)CC(Nc2ccccc2Cl)C1=O. The van der Waals surface area contributed by atoms with E-state index in [4.69, 9.17) is 11.6 Å². The molecule has 2 amide bonds. The molecule has 108 valence electrons. The molecule has 1 aliphatic heterocycles. The fraction of sp³-hybridized carbons (Fsp3) is 0.467. The van der Waals surface area contributed by atoms with Gasteiger partial charge >= 0.3 is 0 Å². The van der Waals surface area contributed by atoms with E-state index >= 15 is 0 Å². The molecule has 1 aliphatic rings. The minimum absolute atomic E-state index is 0.00644. The molecule has 1 heterocycles. The average Bonchev–Trinajstić information content (AvgIpc) is 2.71. The molecular formula is C15H19ClN2O2. The number of hydrogen-bond donors (Lipinski definition) is 1. The molecule has 0 bridgehead atoms. The van der Waals surface area contributed by atoms with Crippen LogP contribution in [-0.2, 0) is 9.59 Å². The zero-order valence-corrected chi connectivity index (χ0v) is 12.5. The van der Waals surface area contributed by atoms with Crippen molar-refractivity contribution in [2.45, 2.75) is 45.2 Å². The van der Waals surface area contributed by atoms with Gasteiger partial charge in [0.1, 0.15) is 6.04 Å². The van der Waals surface area contributed by atoms with E-state index in [0.29, 0.717) is 10.7 Å². The van der Waals surface area contributed by atoms with Crippen molar-refractivity contribution in [3.63, 3.8) is 0 Å². The number of anilines is 1. The summed E-state index contributed by atoms with van der Waals surface area (Å²) < 4.78 is 0. The second-order valence-electron chi connectivity index (χ2n) is 4.95. The molecule has 1 atom stereocenters. The van der Waals surface area contributed by atoms with Crippen LogP contribution in [-0.4, -0.2) is 28.8 Å². The monoisotopic (exact) mass is 294 g/mol. The molecule has 0 radical (unpaired) electrons. The third-order valence-corrected chi connectivity index (χ3v) is 4.02. The lowest BCUT2D eigenvalue weighted by Gasteiger charge is -2.24. The molecular weight excluding hydrogens is 276 g/mol. The standard InChI is InChI=1S/C15H19ClN2O2/c1-3-10(4-2)18-14(19)9-13(15(18)20)17-12-8-6-5-7-11(12)16/h5-8,10,13,17H,3-4,9H2,1-2H3. The minimum atomic E-state index is -0.511. The largest absolute Gasteiger partial charge is 0.372 e. The van der Waals surface area contributed by atoms with Crippen molar-refractivity contribution < 1.29 is 9.59 Å². The Morgan fingerprint density at radius 1 is 1.30 bits per heavy atom. The third kappa shape index (κ3) is 2.80. The molecule has 0 aromatic heterocycles. The number of para-hydroxylation sites is 1. The van der Waals surface area contributed by atoms with E-state index in [1.807, 2.05) is 26.0 Å². The summed E-state index contributed by atoms with van der Waals surface area (Å²) in [5.41, 5.74) is 0.687. The number of carbonyl (C=O) groups excluding carboxylic acids is 2. The van der Waals surface area contributed by atoms with Gasteiger partial charge in [0.25, 0.3) is 5.91 Å². The van der Waals surface area contributed by atoms with Gasteiger partial charge in [-0.3, -0.25) is 14.5 Å². The Bertz CT molecular complexity index is 514. The van der Waals surface area contributed by atoms with Gasteiger partial charge in [0.05, 0.1) is 17.1 Å². The molecule has 5 heteroatoms. The smallest absolute Gasteiger partial charge is 0.252 e. The third-order valence-electron chi connectivity index (χ3n) is 3.69. The van der Waals surface area contributed by atoms with Gasteiger partial charge in [-0.05, 0) is 25.0 Å². The van der Waals surface area contributed by atoms with Crippen LogP contribution in [0.15, 0.2) is 24.3 Å². The van der Waals surface area contributed by atoms with E-state index in [2.05, 4.69) is 5.32 Å². The lowest BCUT2D eigenvalue weighted by molar-refractivity contribution is -0.141. The summed E-state index contributed by atoms with van der Waals surface area (Å²) in [5.74, 6) is -0.253. The summed E-state index contributed by atoms with van der Waals surface area (Å²) in [4.78, 5) is 25.9. The van der Waals surface area contributed by atoms with Gasteiger partial charge in [0.2, 0.25) is 5.91 Å². The van der Waals surface area contributed by atoms with E-state index in [0.717, 1.165) is 12.8 Å². The van der Waals surface area contributed by atoms with Crippen molar-refractivity contribution in [1.29, 1.82) is 0 Å². The molecule has 1 saturated heterocycles. The summed E-state index contributed by atoms with van der Waals surface area (Å²) in [6.07, 6.45) is 1.76. The highest BCUT2D eigenvalue weighted by atomic mass is 35.5. The Morgan fingerprint density at radius 3 is 2.55 bits per heavy atom. The quantitative estimate of drug-likeness (QED) is 0.849. The highest BCUT2D eigenvalue weighted by molar-refractivity contribution is 6.33. The first-order valence-electron chi connectivity index (χ1n) is 6.95. The van der Waals surface area contributed by atoms with Crippen molar-refractivity contribution in [3.05, 3.63) is 29.3 Å². The summed E-state index contributed by atoms with van der Waals surface area (Å²) in [6, 6.07) is 6.71. The number of hydrogen-bond acceptors (Lipinski definition) is 3. The zero-order chi connectivity index (χ0) is 14.7. The molecule has 0 aliphatic carbocycles. The molecule has 1 unspecified atom stereocenters. The molecule has 1 fully saturated rings. The van der Waals surface area contributed by atoms with Crippen molar-refractivity contribution in [2.75, 3.05) is 5.32 Å². The van der Waals surface area contributed by atoms with Gasteiger partial charge in [-0.2, -0.15) is 0 Å². The van der Waals surface area contributed by atoms with Gasteiger partial charge < -0.3 is 5.32 Å². The lowest BCUT2D eigenvalue weighted by atomic mass is 10.1. The molecule has 4 nitrogen and oxygen atoms in total. The number of carbonyl (C=O) groups is 2. The predicted molar refractivity (Wildman–Crippen MR) is 79.7 cm³/mol. The lowest BCUT2D eigenvalue weighted by Crippen LogP contribution is -2.41. The second-order valence-corrected chi connectivity index (χ2v) is 5.36. The Balaban J connectivity index is 2.14. The maximum Gasteiger partial charge on any atom is 0.252 e. The fourth-order valence-electron chi connectivity index (χ4n) is 2.57. The van der Waals surface area contributed by atoms with E-state index in [1.165, 1.54) is 4.90 Å². The van der Waals surface area contributed by atoms with Crippen LogP contribution in [0.2, 0.25) is 5.02 Å². The second kappa shape index (κ2) is 6.27. The number of imide groups is 1. The number of nitrogens with zero attached hydrogens (tertiary/aromatic N) is 1. The molecule has 20 heavy (non-hydrogen) atoms. The van der Waals surface area contributed by atoms with Gasteiger partial charge in [-0.1, -0.05) is 37.6 Å². The highest BCUT2D eigenvalue weighted by Gasteiger charge is 2.41. The molecule has 1 N–H and O–H groups in total. The van der Waals surface area contributed by atoms with E-state index in [-0.39, 0.29) is 24.3 Å². The number of rotatable bonds is 5. The first-order valence-corrected chi connectivity index (χ1v) is 7.33. The maximum atomic E-state index is 12.4. The Kier molecular flexibility index (Phi) is 4.65. The summed E-state index contributed by atoms with van der Waals surface area (Å²) in [7, 11) is 0. The molecule has 0 spiro atoms. The normalized spacial score (nSPS) is 19.0. The molecule has 0 saturated carbocycles. The summed E-state index contributed by atoms with van der Waals surface area (Å²) in [5, 5.41) is 3.63. The first kappa shape index (κ1) is 14.9. The average molecular weight is 295 g/mol. The topological polar surface area (TPSA) is 49.4 Å². The fourth-order valence-corrected chi connectivity index (χ4v) is 2.76. The van der Waals surface area contributed by atoms with Crippen molar-refractivity contribution >= 4 is 29.1 Å². The van der Waals surface area contributed by atoms with Crippen LogP contribution in [0.3, 0.4) is 0 Å². The van der Waals surface area contributed by atoms with Gasteiger partial charge in [0.15, 0.2) is 0 Å². The predicted octanol–water partition coefficient (Wildman–Crippen LogP) is 3.07.